The molecule has 0 aliphatic carbocycles. The van der Waals surface area contributed by atoms with Gasteiger partial charge in [-0.2, -0.15) is 0 Å². The maximum absolute atomic E-state index is 6.89. The Bertz CT molecular complexity index is 258. The molecule has 1 aliphatic heterocycles. The Hall–Kier alpha value is -1.10. The molecule has 0 bridgehead atoms. The van der Waals surface area contributed by atoms with E-state index in [0.29, 0.717) is 6.54 Å². The summed E-state index contributed by atoms with van der Waals surface area (Å²) in [5.41, 5.74) is 1.71. The normalized spacial score (nSPS) is 17.3. The maximum Gasteiger partial charge on any atom is 0.206 e. The van der Waals surface area contributed by atoms with Gasteiger partial charge in [-0.1, -0.05) is 26.8 Å². The lowest BCUT2D eigenvalue weighted by atomic mass is 9.89. The molecule has 1 aliphatic rings. The average molecular weight is 148 g/mol. The number of allylic oxidation sites excluding steroid dienone is 1. The first kappa shape index (κ1) is 8.00. The molecule has 0 radical (unpaired) electrons. The van der Waals surface area contributed by atoms with E-state index in [0.717, 1.165) is 11.4 Å². The second-order valence-electron chi connectivity index (χ2n) is 3.64. The molecule has 0 amide bonds. The Kier molecular flexibility index (Phi) is 1.82. The van der Waals surface area contributed by atoms with Crippen molar-refractivity contribution in [2.75, 3.05) is 6.54 Å². The topological polar surface area (TPSA) is 16.7 Å². The standard InChI is InChI=1S/C9H12N2/c1-9(2,3)8-7(10-4)5-6-11-8/h5H,6H2,1-3H3. The average Bonchev–Trinajstić information content (AvgIpc) is 2.31. The molecule has 0 fully saturated rings. The third-order valence-electron chi connectivity index (χ3n) is 1.61. The number of aliphatic imine (C=N–C) groups is 1. The molecule has 0 spiro atoms. The van der Waals surface area contributed by atoms with Crippen molar-refractivity contribution in [3.8, 4) is 0 Å². The highest BCUT2D eigenvalue weighted by Crippen LogP contribution is 2.25. The van der Waals surface area contributed by atoms with E-state index in [-0.39, 0.29) is 5.41 Å². The Labute approximate surface area is 67.5 Å². The van der Waals surface area contributed by atoms with Gasteiger partial charge in [0.05, 0.1) is 6.57 Å². The van der Waals surface area contributed by atoms with Crippen LogP contribution >= 0.6 is 0 Å². The lowest BCUT2D eigenvalue weighted by Gasteiger charge is -2.18. The second-order valence-corrected chi connectivity index (χ2v) is 3.64. The van der Waals surface area contributed by atoms with Crippen LogP contribution in [0.3, 0.4) is 0 Å². The summed E-state index contributed by atoms with van der Waals surface area (Å²) in [6.45, 7) is 13.8. The summed E-state index contributed by atoms with van der Waals surface area (Å²) in [6.07, 6.45) is 1.88. The molecular formula is C9H12N2. The van der Waals surface area contributed by atoms with Gasteiger partial charge in [-0.3, -0.25) is 4.99 Å². The lowest BCUT2D eigenvalue weighted by Crippen LogP contribution is -2.19. The molecule has 0 atom stereocenters. The van der Waals surface area contributed by atoms with Crippen LogP contribution in [0.1, 0.15) is 20.8 Å². The van der Waals surface area contributed by atoms with Crippen LogP contribution in [-0.2, 0) is 0 Å². The van der Waals surface area contributed by atoms with E-state index in [1.165, 1.54) is 0 Å². The predicted octanol–water partition coefficient (Wildman–Crippen LogP) is 2.29. The van der Waals surface area contributed by atoms with Crippen molar-refractivity contribution in [2.24, 2.45) is 10.4 Å². The van der Waals surface area contributed by atoms with Crippen LogP contribution in [0.25, 0.3) is 4.85 Å². The molecule has 58 valence electrons. The Morgan fingerprint density at radius 1 is 1.55 bits per heavy atom. The highest BCUT2D eigenvalue weighted by Gasteiger charge is 2.24. The summed E-state index contributed by atoms with van der Waals surface area (Å²) >= 11 is 0. The molecule has 11 heavy (non-hydrogen) atoms. The Balaban J connectivity index is 2.94. The van der Waals surface area contributed by atoms with Gasteiger partial charge in [0.1, 0.15) is 0 Å². The zero-order valence-electron chi connectivity index (χ0n) is 7.18. The zero-order valence-corrected chi connectivity index (χ0v) is 7.18. The van der Waals surface area contributed by atoms with Crippen LogP contribution in [-0.4, -0.2) is 12.3 Å². The van der Waals surface area contributed by atoms with Crippen molar-refractivity contribution in [1.82, 2.24) is 0 Å². The molecule has 0 aromatic carbocycles. The fraction of sp³-hybridized carbons (Fsp3) is 0.556. The minimum atomic E-state index is 0.0207. The second kappa shape index (κ2) is 2.50. The van der Waals surface area contributed by atoms with Crippen molar-refractivity contribution < 1.29 is 0 Å². The summed E-state index contributed by atoms with van der Waals surface area (Å²) in [4.78, 5) is 7.69. The lowest BCUT2D eigenvalue weighted by molar-refractivity contribution is 0.592. The van der Waals surface area contributed by atoms with E-state index in [4.69, 9.17) is 6.57 Å². The third kappa shape index (κ3) is 1.48. The Morgan fingerprint density at radius 2 is 2.18 bits per heavy atom. The maximum atomic E-state index is 6.89. The van der Waals surface area contributed by atoms with E-state index in [2.05, 4.69) is 30.6 Å². The van der Waals surface area contributed by atoms with Crippen LogP contribution in [0.5, 0.6) is 0 Å². The summed E-state index contributed by atoms with van der Waals surface area (Å²) in [7, 11) is 0. The monoisotopic (exact) mass is 148 g/mol. The minimum absolute atomic E-state index is 0.0207. The molecule has 2 heteroatoms. The highest BCUT2D eigenvalue weighted by molar-refractivity contribution is 6.06. The van der Waals surface area contributed by atoms with Crippen LogP contribution in [0.15, 0.2) is 16.8 Å². The first-order valence-electron chi connectivity index (χ1n) is 3.68. The van der Waals surface area contributed by atoms with Gasteiger partial charge in [0.15, 0.2) is 0 Å². The Morgan fingerprint density at radius 3 is 2.55 bits per heavy atom. The van der Waals surface area contributed by atoms with Crippen LogP contribution in [0.4, 0.5) is 0 Å². The molecular weight excluding hydrogens is 136 g/mol. The molecule has 0 saturated heterocycles. The number of rotatable bonds is 0. The van der Waals surface area contributed by atoms with E-state index >= 15 is 0 Å². The van der Waals surface area contributed by atoms with E-state index < -0.39 is 0 Å². The molecule has 0 saturated carbocycles. The van der Waals surface area contributed by atoms with Gasteiger partial charge in [0.25, 0.3) is 0 Å². The molecule has 1 heterocycles. The number of nitrogens with zero attached hydrogens (tertiary/aromatic N) is 2. The fourth-order valence-electron chi connectivity index (χ4n) is 1.12. The molecule has 2 nitrogen and oxygen atoms in total. The highest BCUT2D eigenvalue weighted by atomic mass is 14.8. The quantitative estimate of drug-likeness (QED) is 0.469. The molecule has 1 rings (SSSR count). The SMILES string of the molecule is [C-]#[N+]C1=CCN=C1C(C)(C)C. The van der Waals surface area contributed by atoms with Gasteiger partial charge in [0.2, 0.25) is 5.70 Å². The fourth-order valence-corrected chi connectivity index (χ4v) is 1.12. The van der Waals surface area contributed by atoms with Gasteiger partial charge in [-0.15, -0.1) is 0 Å². The van der Waals surface area contributed by atoms with Crippen LogP contribution < -0.4 is 0 Å². The zero-order chi connectivity index (χ0) is 8.48. The van der Waals surface area contributed by atoms with Crippen molar-refractivity contribution >= 4 is 5.71 Å². The largest absolute Gasteiger partial charge is 0.298 e. The summed E-state index contributed by atoms with van der Waals surface area (Å²) in [5.74, 6) is 0. The first-order chi connectivity index (χ1) is 5.05. The summed E-state index contributed by atoms with van der Waals surface area (Å²) < 4.78 is 0. The minimum Gasteiger partial charge on any atom is -0.298 e. The molecule has 0 aromatic heterocycles. The predicted molar refractivity (Wildman–Crippen MR) is 46.4 cm³/mol. The van der Waals surface area contributed by atoms with Gasteiger partial charge in [0, 0.05) is 12.3 Å². The van der Waals surface area contributed by atoms with Crippen molar-refractivity contribution in [3.05, 3.63) is 23.2 Å². The van der Waals surface area contributed by atoms with E-state index in [1.807, 2.05) is 6.08 Å². The molecule has 0 unspecified atom stereocenters. The van der Waals surface area contributed by atoms with Gasteiger partial charge in [-0.25, -0.2) is 4.85 Å². The summed E-state index contributed by atoms with van der Waals surface area (Å²) in [6, 6.07) is 0. The first-order valence-corrected chi connectivity index (χ1v) is 3.68. The summed E-state index contributed by atoms with van der Waals surface area (Å²) in [5, 5.41) is 0. The van der Waals surface area contributed by atoms with Crippen LogP contribution in [0.2, 0.25) is 0 Å². The van der Waals surface area contributed by atoms with Crippen molar-refractivity contribution in [3.63, 3.8) is 0 Å². The van der Waals surface area contributed by atoms with E-state index in [9.17, 15) is 0 Å². The van der Waals surface area contributed by atoms with Gasteiger partial charge < -0.3 is 0 Å². The van der Waals surface area contributed by atoms with Crippen molar-refractivity contribution in [1.29, 1.82) is 0 Å². The molecule has 0 aromatic rings. The van der Waals surface area contributed by atoms with Crippen LogP contribution in [0, 0.1) is 12.0 Å². The molecule has 0 N–H and O–H groups in total. The van der Waals surface area contributed by atoms with Crippen molar-refractivity contribution in [2.45, 2.75) is 20.8 Å². The smallest absolute Gasteiger partial charge is 0.206 e. The van der Waals surface area contributed by atoms with Gasteiger partial charge >= 0.3 is 0 Å². The number of hydrogen-bond acceptors (Lipinski definition) is 1. The van der Waals surface area contributed by atoms with Gasteiger partial charge in [-0.05, 0) is 5.41 Å². The number of hydrogen-bond donors (Lipinski definition) is 0. The van der Waals surface area contributed by atoms with E-state index in [1.54, 1.807) is 0 Å². The third-order valence-corrected chi connectivity index (χ3v) is 1.61.